The van der Waals surface area contributed by atoms with Gasteiger partial charge in [-0.25, -0.2) is 13.2 Å². The number of ether oxygens (including phenoxy) is 1. The molecule has 0 atom stereocenters. The fourth-order valence-electron chi connectivity index (χ4n) is 1.81. The number of hydrogen-bond acceptors (Lipinski definition) is 2. The average Bonchev–Trinajstić information content (AvgIpc) is 2.37. The Morgan fingerprint density at radius 1 is 0.952 bits per heavy atom. The first-order valence-corrected chi connectivity index (χ1v) is 6.60. The van der Waals surface area contributed by atoms with Crippen LogP contribution in [0.2, 0.25) is 0 Å². The average molecular weight is 295 g/mol. The zero-order valence-corrected chi connectivity index (χ0v) is 11.8. The van der Waals surface area contributed by atoms with Crippen LogP contribution in [0.4, 0.5) is 13.2 Å². The Morgan fingerprint density at radius 2 is 1.62 bits per heavy atom. The van der Waals surface area contributed by atoms with E-state index in [1.54, 1.807) is 0 Å². The second kappa shape index (κ2) is 6.63. The van der Waals surface area contributed by atoms with E-state index in [0.29, 0.717) is 17.9 Å². The van der Waals surface area contributed by atoms with Crippen LogP contribution in [0.25, 0.3) is 0 Å². The van der Waals surface area contributed by atoms with Gasteiger partial charge in [-0.3, -0.25) is 0 Å². The lowest BCUT2D eigenvalue weighted by Gasteiger charge is -2.14. The van der Waals surface area contributed by atoms with E-state index < -0.39 is 17.5 Å². The third kappa shape index (κ3) is 4.49. The predicted octanol–water partition coefficient (Wildman–Crippen LogP) is 4.39. The van der Waals surface area contributed by atoms with Crippen LogP contribution >= 0.6 is 0 Å². The number of rotatable bonds is 5. The van der Waals surface area contributed by atoms with Gasteiger partial charge in [0.15, 0.2) is 0 Å². The lowest BCUT2D eigenvalue weighted by Crippen LogP contribution is -2.22. The van der Waals surface area contributed by atoms with Crippen molar-refractivity contribution in [3.8, 4) is 11.5 Å². The molecule has 0 radical (unpaired) electrons. The summed E-state index contributed by atoms with van der Waals surface area (Å²) in [5.74, 6) is -1.46. The first kappa shape index (κ1) is 15.4. The number of nitrogens with one attached hydrogen (secondary N) is 1. The van der Waals surface area contributed by atoms with Crippen molar-refractivity contribution in [1.82, 2.24) is 5.32 Å². The molecule has 0 bridgehead atoms. The van der Waals surface area contributed by atoms with Gasteiger partial charge in [0.05, 0.1) is 0 Å². The molecule has 112 valence electrons. The molecule has 21 heavy (non-hydrogen) atoms. The van der Waals surface area contributed by atoms with Crippen LogP contribution in [-0.4, -0.2) is 6.04 Å². The molecule has 2 rings (SSSR count). The van der Waals surface area contributed by atoms with Gasteiger partial charge in [-0.1, -0.05) is 13.8 Å². The van der Waals surface area contributed by atoms with Crippen LogP contribution in [0.1, 0.15) is 19.4 Å². The predicted molar refractivity (Wildman–Crippen MR) is 74.8 cm³/mol. The molecule has 5 heteroatoms. The van der Waals surface area contributed by atoms with Gasteiger partial charge in [-0.05, 0) is 18.2 Å². The second-order valence-corrected chi connectivity index (χ2v) is 4.99. The van der Waals surface area contributed by atoms with Crippen LogP contribution < -0.4 is 10.1 Å². The topological polar surface area (TPSA) is 21.3 Å². The van der Waals surface area contributed by atoms with Crippen molar-refractivity contribution in [2.75, 3.05) is 0 Å². The molecule has 0 unspecified atom stereocenters. The summed E-state index contributed by atoms with van der Waals surface area (Å²) in [4.78, 5) is 0. The molecule has 0 saturated heterocycles. The van der Waals surface area contributed by atoms with Gasteiger partial charge in [0, 0.05) is 36.3 Å². The first-order valence-electron chi connectivity index (χ1n) is 6.60. The van der Waals surface area contributed by atoms with E-state index in [4.69, 9.17) is 4.74 Å². The minimum absolute atomic E-state index is 0.0323. The standard InChI is InChI=1S/C16H16F3NO/c1-10(2)20-9-11-5-12(17)3-4-16(11)21-15-7-13(18)6-14(19)8-15/h3-8,10,20H,9H2,1-2H3. The van der Waals surface area contributed by atoms with Crippen LogP contribution in [0.15, 0.2) is 36.4 Å². The van der Waals surface area contributed by atoms with Gasteiger partial charge >= 0.3 is 0 Å². The van der Waals surface area contributed by atoms with Crippen LogP contribution in [-0.2, 0) is 6.54 Å². The summed E-state index contributed by atoms with van der Waals surface area (Å²) in [6.45, 7) is 4.31. The molecule has 0 amide bonds. The van der Waals surface area contributed by atoms with E-state index in [9.17, 15) is 13.2 Å². The Morgan fingerprint density at radius 3 is 2.24 bits per heavy atom. The first-order chi connectivity index (χ1) is 9.94. The highest BCUT2D eigenvalue weighted by molar-refractivity contribution is 5.38. The Bertz CT molecular complexity index is 609. The normalized spacial score (nSPS) is 11.0. The van der Waals surface area contributed by atoms with Crippen molar-refractivity contribution >= 4 is 0 Å². The van der Waals surface area contributed by atoms with Gasteiger partial charge in [-0.15, -0.1) is 0 Å². The summed E-state index contributed by atoms with van der Waals surface area (Å²) in [5.41, 5.74) is 0.577. The molecule has 0 aliphatic rings. The van der Waals surface area contributed by atoms with Gasteiger partial charge in [-0.2, -0.15) is 0 Å². The molecular formula is C16H16F3NO. The Labute approximate surface area is 121 Å². The largest absolute Gasteiger partial charge is 0.457 e. The van der Waals surface area contributed by atoms with E-state index in [-0.39, 0.29) is 11.8 Å². The zero-order chi connectivity index (χ0) is 15.4. The Kier molecular flexibility index (Phi) is 4.85. The molecule has 0 aliphatic carbocycles. The van der Waals surface area contributed by atoms with Crippen molar-refractivity contribution < 1.29 is 17.9 Å². The molecule has 0 spiro atoms. The minimum atomic E-state index is -0.728. The second-order valence-electron chi connectivity index (χ2n) is 4.99. The molecular weight excluding hydrogens is 279 g/mol. The Hall–Kier alpha value is -2.01. The highest BCUT2D eigenvalue weighted by Gasteiger charge is 2.09. The summed E-state index contributed by atoms with van der Waals surface area (Å²) in [6, 6.07) is 7.14. The molecule has 0 aromatic heterocycles. The molecule has 0 fully saturated rings. The van der Waals surface area contributed by atoms with Crippen molar-refractivity contribution in [1.29, 1.82) is 0 Å². The van der Waals surface area contributed by atoms with E-state index in [2.05, 4.69) is 5.32 Å². The zero-order valence-electron chi connectivity index (χ0n) is 11.8. The van der Waals surface area contributed by atoms with Gasteiger partial charge in [0.25, 0.3) is 0 Å². The summed E-state index contributed by atoms with van der Waals surface area (Å²) in [5, 5.41) is 3.14. The monoisotopic (exact) mass is 295 g/mol. The number of hydrogen-bond donors (Lipinski definition) is 1. The van der Waals surface area contributed by atoms with Crippen molar-refractivity contribution in [2.45, 2.75) is 26.4 Å². The fourth-order valence-corrected chi connectivity index (χ4v) is 1.81. The smallest absolute Gasteiger partial charge is 0.133 e. The van der Waals surface area contributed by atoms with Crippen molar-refractivity contribution in [3.63, 3.8) is 0 Å². The van der Waals surface area contributed by atoms with Gasteiger partial charge in [0.1, 0.15) is 29.0 Å². The lowest BCUT2D eigenvalue weighted by atomic mass is 10.2. The molecule has 1 N–H and O–H groups in total. The van der Waals surface area contributed by atoms with E-state index in [0.717, 1.165) is 18.2 Å². The Balaban J connectivity index is 2.25. The molecule has 0 saturated carbocycles. The molecule has 0 aliphatic heterocycles. The molecule has 2 aromatic carbocycles. The highest BCUT2D eigenvalue weighted by atomic mass is 19.1. The molecule has 0 heterocycles. The van der Waals surface area contributed by atoms with Gasteiger partial charge in [0.2, 0.25) is 0 Å². The lowest BCUT2D eigenvalue weighted by molar-refractivity contribution is 0.455. The van der Waals surface area contributed by atoms with E-state index in [1.165, 1.54) is 18.2 Å². The van der Waals surface area contributed by atoms with Crippen molar-refractivity contribution in [2.24, 2.45) is 0 Å². The third-order valence-corrected chi connectivity index (χ3v) is 2.79. The number of benzene rings is 2. The van der Waals surface area contributed by atoms with Crippen molar-refractivity contribution in [3.05, 3.63) is 59.4 Å². The summed E-state index contributed by atoms with van der Waals surface area (Å²) >= 11 is 0. The van der Waals surface area contributed by atoms with Crippen LogP contribution in [0.5, 0.6) is 11.5 Å². The van der Waals surface area contributed by atoms with E-state index >= 15 is 0 Å². The number of halogens is 3. The fraction of sp³-hybridized carbons (Fsp3) is 0.250. The van der Waals surface area contributed by atoms with E-state index in [1.807, 2.05) is 13.8 Å². The van der Waals surface area contributed by atoms with Crippen LogP contribution in [0.3, 0.4) is 0 Å². The SMILES string of the molecule is CC(C)NCc1cc(F)ccc1Oc1cc(F)cc(F)c1. The maximum Gasteiger partial charge on any atom is 0.133 e. The van der Waals surface area contributed by atoms with Gasteiger partial charge < -0.3 is 10.1 Å². The third-order valence-electron chi connectivity index (χ3n) is 2.79. The van der Waals surface area contributed by atoms with Crippen LogP contribution in [0, 0.1) is 17.5 Å². The summed E-state index contributed by atoms with van der Waals surface area (Å²) in [7, 11) is 0. The maximum absolute atomic E-state index is 13.3. The quantitative estimate of drug-likeness (QED) is 0.883. The molecule has 2 aromatic rings. The highest BCUT2D eigenvalue weighted by Crippen LogP contribution is 2.27. The summed E-state index contributed by atoms with van der Waals surface area (Å²) < 4.78 is 45.1. The molecule has 2 nitrogen and oxygen atoms in total. The minimum Gasteiger partial charge on any atom is -0.457 e. The maximum atomic E-state index is 13.3. The summed E-state index contributed by atoms with van der Waals surface area (Å²) in [6.07, 6.45) is 0.